The summed E-state index contributed by atoms with van der Waals surface area (Å²) < 4.78 is 55.8. The van der Waals surface area contributed by atoms with E-state index in [0.717, 1.165) is 6.07 Å². The minimum absolute atomic E-state index is 0.135. The topological polar surface area (TPSA) is 61.0 Å². The first-order valence-electron chi connectivity index (χ1n) is 5.47. The lowest BCUT2D eigenvalue weighted by atomic mass is 10.2. The summed E-state index contributed by atoms with van der Waals surface area (Å²) in [6.07, 6.45) is -3.44. The van der Waals surface area contributed by atoms with Crippen molar-refractivity contribution >= 4 is 0 Å². The third kappa shape index (κ3) is 3.21. The number of ether oxygens (including phenoxy) is 1. The molecule has 1 heterocycles. The monoisotopic (exact) mass is 287 g/mol. The molecule has 1 aromatic heterocycles. The Kier molecular flexibility index (Phi) is 3.84. The fraction of sp³-hybridized carbons (Fsp3) is 0.167. The highest BCUT2D eigenvalue weighted by Gasteiger charge is 2.34. The van der Waals surface area contributed by atoms with Gasteiger partial charge in [0.25, 0.3) is 0 Å². The highest BCUT2D eigenvalue weighted by atomic mass is 19.4. The lowest BCUT2D eigenvalue weighted by Gasteiger charge is -2.10. The highest BCUT2D eigenvalue weighted by Crippen LogP contribution is 2.34. The Bertz CT molecular complexity index is 616. The largest absolute Gasteiger partial charge is 0.424 e. The summed E-state index contributed by atoms with van der Waals surface area (Å²) in [5, 5.41) is 0. The van der Waals surface area contributed by atoms with E-state index in [9.17, 15) is 17.6 Å². The number of alkyl halides is 3. The number of hydrogen-bond acceptors (Lipinski definition) is 4. The van der Waals surface area contributed by atoms with Crippen LogP contribution >= 0.6 is 0 Å². The second-order valence-corrected chi connectivity index (χ2v) is 3.78. The van der Waals surface area contributed by atoms with Crippen LogP contribution in [-0.4, -0.2) is 9.97 Å². The third-order valence-corrected chi connectivity index (χ3v) is 2.35. The van der Waals surface area contributed by atoms with E-state index in [1.54, 1.807) is 6.07 Å². The van der Waals surface area contributed by atoms with Crippen LogP contribution in [0.5, 0.6) is 11.8 Å². The zero-order chi connectivity index (χ0) is 14.8. The van der Waals surface area contributed by atoms with E-state index in [0.29, 0.717) is 17.8 Å². The van der Waals surface area contributed by atoms with Crippen LogP contribution in [0.2, 0.25) is 0 Å². The summed E-state index contributed by atoms with van der Waals surface area (Å²) in [7, 11) is 0. The number of hydrogen-bond donors (Lipinski definition) is 1. The molecular formula is C12H9F4N3O. The van der Waals surface area contributed by atoms with Crippen molar-refractivity contribution < 1.29 is 22.3 Å². The standard InChI is InChI=1S/C12H9F4N3O/c13-10-2-1-8(5-9(10)12(14,15)16)20-11-18-4-3-7(6-17)19-11/h1-5H,6,17H2. The molecule has 2 rings (SSSR count). The summed E-state index contributed by atoms with van der Waals surface area (Å²) in [6.45, 7) is 0.135. The van der Waals surface area contributed by atoms with E-state index < -0.39 is 17.6 Å². The quantitative estimate of drug-likeness (QED) is 0.882. The Balaban J connectivity index is 2.30. The van der Waals surface area contributed by atoms with Gasteiger partial charge in [0, 0.05) is 12.7 Å². The molecule has 0 saturated heterocycles. The Morgan fingerprint density at radius 3 is 2.60 bits per heavy atom. The maximum Gasteiger partial charge on any atom is 0.419 e. The van der Waals surface area contributed by atoms with Crippen molar-refractivity contribution in [1.82, 2.24) is 9.97 Å². The fourth-order valence-electron chi connectivity index (χ4n) is 1.43. The molecule has 2 N–H and O–H groups in total. The van der Waals surface area contributed by atoms with E-state index in [1.165, 1.54) is 6.20 Å². The van der Waals surface area contributed by atoms with Gasteiger partial charge in [-0.25, -0.2) is 9.37 Å². The van der Waals surface area contributed by atoms with Gasteiger partial charge in [0.15, 0.2) is 0 Å². The molecule has 4 nitrogen and oxygen atoms in total. The maximum atomic E-state index is 13.1. The Morgan fingerprint density at radius 1 is 1.20 bits per heavy atom. The van der Waals surface area contributed by atoms with Crippen LogP contribution in [0.1, 0.15) is 11.3 Å². The molecule has 0 saturated carbocycles. The minimum Gasteiger partial charge on any atom is -0.424 e. The summed E-state index contributed by atoms with van der Waals surface area (Å²) in [5.41, 5.74) is 4.42. The summed E-state index contributed by atoms with van der Waals surface area (Å²) >= 11 is 0. The average molecular weight is 287 g/mol. The van der Waals surface area contributed by atoms with Crippen LogP contribution in [0.15, 0.2) is 30.5 Å². The van der Waals surface area contributed by atoms with Crippen molar-refractivity contribution in [2.45, 2.75) is 12.7 Å². The maximum absolute atomic E-state index is 13.1. The summed E-state index contributed by atoms with van der Waals surface area (Å²) in [6, 6.07) is 3.66. The Hall–Kier alpha value is -2.22. The van der Waals surface area contributed by atoms with Gasteiger partial charge in [0.1, 0.15) is 11.6 Å². The third-order valence-electron chi connectivity index (χ3n) is 2.35. The molecule has 0 fully saturated rings. The first-order chi connectivity index (χ1) is 9.40. The molecular weight excluding hydrogens is 278 g/mol. The predicted molar refractivity (Wildman–Crippen MR) is 61.4 cm³/mol. The van der Waals surface area contributed by atoms with Gasteiger partial charge in [-0.2, -0.15) is 18.2 Å². The molecule has 0 unspecified atom stereocenters. The molecule has 0 spiro atoms. The number of halogens is 4. The molecule has 20 heavy (non-hydrogen) atoms. The van der Waals surface area contributed by atoms with Crippen LogP contribution in [0.3, 0.4) is 0 Å². The Morgan fingerprint density at radius 2 is 1.95 bits per heavy atom. The summed E-state index contributed by atoms with van der Waals surface area (Å²) in [4.78, 5) is 7.60. The predicted octanol–water partition coefficient (Wildman–Crippen LogP) is 2.89. The van der Waals surface area contributed by atoms with Crippen molar-refractivity contribution in [2.75, 3.05) is 0 Å². The second kappa shape index (κ2) is 5.41. The lowest BCUT2D eigenvalue weighted by Crippen LogP contribution is -2.08. The lowest BCUT2D eigenvalue weighted by molar-refractivity contribution is -0.140. The van der Waals surface area contributed by atoms with E-state index in [1.807, 2.05) is 0 Å². The highest BCUT2D eigenvalue weighted by molar-refractivity contribution is 5.33. The Labute approximate surface area is 111 Å². The number of nitrogens with two attached hydrogens (primary N) is 1. The molecule has 8 heteroatoms. The van der Waals surface area contributed by atoms with Gasteiger partial charge in [-0.05, 0) is 24.3 Å². The first kappa shape index (κ1) is 14.2. The number of rotatable bonds is 3. The van der Waals surface area contributed by atoms with Gasteiger partial charge >= 0.3 is 12.2 Å². The number of aromatic nitrogens is 2. The molecule has 0 amide bonds. The van der Waals surface area contributed by atoms with Crippen LogP contribution in [-0.2, 0) is 12.7 Å². The molecule has 0 aliphatic heterocycles. The fourth-order valence-corrected chi connectivity index (χ4v) is 1.43. The summed E-state index contributed by atoms with van der Waals surface area (Å²) in [5.74, 6) is -1.59. The van der Waals surface area contributed by atoms with Gasteiger partial charge in [-0.15, -0.1) is 0 Å². The first-order valence-corrected chi connectivity index (χ1v) is 5.47. The number of benzene rings is 1. The van der Waals surface area contributed by atoms with E-state index >= 15 is 0 Å². The van der Waals surface area contributed by atoms with Gasteiger partial charge in [-0.3, -0.25) is 0 Å². The zero-order valence-electron chi connectivity index (χ0n) is 9.99. The van der Waals surface area contributed by atoms with Gasteiger partial charge in [-0.1, -0.05) is 0 Å². The SMILES string of the molecule is NCc1ccnc(Oc2ccc(F)c(C(F)(F)F)c2)n1. The van der Waals surface area contributed by atoms with E-state index in [2.05, 4.69) is 9.97 Å². The van der Waals surface area contributed by atoms with Crippen LogP contribution in [0.4, 0.5) is 17.6 Å². The van der Waals surface area contributed by atoms with E-state index in [4.69, 9.17) is 10.5 Å². The van der Waals surface area contributed by atoms with Crippen molar-refractivity contribution in [3.63, 3.8) is 0 Å². The van der Waals surface area contributed by atoms with Gasteiger partial charge < -0.3 is 10.5 Å². The zero-order valence-corrected chi connectivity index (χ0v) is 9.99. The molecule has 2 aromatic rings. The van der Waals surface area contributed by atoms with Gasteiger partial charge in [0.2, 0.25) is 0 Å². The number of nitrogens with zero attached hydrogens (tertiary/aromatic N) is 2. The normalized spacial score (nSPS) is 11.4. The molecule has 0 atom stereocenters. The van der Waals surface area contributed by atoms with Crippen LogP contribution < -0.4 is 10.5 Å². The van der Waals surface area contributed by atoms with E-state index in [-0.39, 0.29) is 18.3 Å². The molecule has 0 aliphatic rings. The smallest absolute Gasteiger partial charge is 0.419 e. The van der Waals surface area contributed by atoms with Crippen molar-refractivity contribution in [1.29, 1.82) is 0 Å². The molecule has 0 aliphatic carbocycles. The van der Waals surface area contributed by atoms with Gasteiger partial charge in [0.05, 0.1) is 11.3 Å². The molecule has 1 aromatic carbocycles. The minimum atomic E-state index is -4.80. The van der Waals surface area contributed by atoms with Crippen LogP contribution in [0.25, 0.3) is 0 Å². The average Bonchev–Trinajstić information content (AvgIpc) is 2.40. The molecule has 106 valence electrons. The van der Waals surface area contributed by atoms with Crippen LogP contribution in [0, 0.1) is 5.82 Å². The molecule has 0 radical (unpaired) electrons. The van der Waals surface area contributed by atoms with Crippen molar-refractivity contribution in [2.24, 2.45) is 5.73 Å². The molecule has 0 bridgehead atoms. The second-order valence-electron chi connectivity index (χ2n) is 3.78. The van der Waals surface area contributed by atoms with Crippen molar-refractivity contribution in [3.05, 3.63) is 47.5 Å². The van der Waals surface area contributed by atoms with Crippen molar-refractivity contribution in [3.8, 4) is 11.8 Å².